The van der Waals surface area contributed by atoms with Crippen LogP contribution in [0.3, 0.4) is 0 Å². The number of hydrogen-bond acceptors (Lipinski definition) is 2. The summed E-state index contributed by atoms with van der Waals surface area (Å²) in [7, 11) is 4.15. The minimum Gasteiger partial charge on any atom is -0.378 e. The molecule has 2 aromatic rings. The summed E-state index contributed by atoms with van der Waals surface area (Å²) in [4.78, 5) is 4.67. The van der Waals surface area contributed by atoms with Gasteiger partial charge in [0.15, 0.2) is 0 Å². The Morgan fingerprint density at radius 2 is 1.69 bits per heavy atom. The maximum Gasteiger partial charge on any atom is 0.0361 e. The van der Waals surface area contributed by atoms with E-state index in [1.807, 2.05) is 0 Å². The predicted molar refractivity (Wildman–Crippen MR) is 115 cm³/mol. The number of likely N-dealkylation sites (tertiary alicyclic amines) is 1. The second-order valence-electron chi connectivity index (χ2n) is 7.22. The summed E-state index contributed by atoms with van der Waals surface area (Å²) in [5, 5.41) is 0. The number of anilines is 1. The molecular weight excluding hydrogens is 340 g/mol. The average Bonchev–Trinajstić information content (AvgIpc) is 2.68. The standard InChI is InChI=1S/C23H29ClN2/c1-25(2)22-10-8-20(9-11-22)23-7-4-3-6-21(23)18-19-12-16-26(17-13-19)15-5-14-24/h3-4,6-11,18H,5,12-17H2,1-2H3. The molecule has 1 aliphatic heterocycles. The zero-order chi connectivity index (χ0) is 18.4. The van der Waals surface area contributed by atoms with Crippen LogP contribution < -0.4 is 4.90 Å². The van der Waals surface area contributed by atoms with Gasteiger partial charge in [-0.2, -0.15) is 0 Å². The summed E-state index contributed by atoms with van der Waals surface area (Å²) in [6, 6.07) is 17.6. The predicted octanol–water partition coefficient (Wildman–Crippen LogP) is 5.53. The number of benzene rings is 2. The van der Waals surface area contributed by atoms with Crippen LogP contribution in [0, 0.1) is 0 Å². The van der Waals surface area contributed by atoms with Gasteiger partial charge in [0.2, 0.25) is 0 Å². The second kappa shape index (κ2) is 9.25. The van der Waals surface area contributed by atoms with Crippen LogP contribution in [0.1, 0.15) is 24.8 Å². The van der Waals surface area contributed by atoms with Crippen molar-refractivity contribution in [3.8, 4) is 11.1 Å². The van der Waals surface area contributed by atoms with E-state index in [2.05, 4.69) is 78.5 Å². The molecule has 138 valence electrons. The molecule has 0 amide bonds. The highest BCUT2D eigenvalue weighted by atomic mass is 35.5. The molecule has 2 aromatic carbocycles. The molecule has 0 saturated carbocycles. The summed E-state index contributed by atoms with van der Waals surface area (Å²) >= 11 is 5.82. The van der Waals surface area contributed by atoms with Crippen LogP contribution >= 0.6 is 11.6 Å². The van der Waals surface area contributed by atoms with Crippen molar-refractivity contribution in [1.82, 2.24) is 4.90 Å². The van der Waals surface area contributed by atoms with Crippen molar-refractivity contribution < 1.29 is 0 Å². The third-order valence-electron chi connectivity index (χ3n) is 5.12. The smallest absolute Gasteiger partial charge is 0.0361 e. The van der Waals surface area contributed by atoms with Gasteiger partial charge in [0.05, 0.1) is 0 Å². The largest absolute Gasteiger partial charge is 0.378 e. The first-order valence-electron chi connectivity index (χ1n) is 9.52. The van der Waals surface area contributed by atoms with Gasteiger partial charge in [0.1, 0.15) is 0 Å². The number of piperidine rings is 1. The summed E-state index contributed by atoms with van der Waals surface area (Å²) in [5.74, 6) is 0.763. The van der Waals surface area contributed by atoms with Gasteiger partial charge in [-0.1, -0.05) is 48.0 Å². The van der Waals surface area contributed by atoms with Gasteiger partial charge in [-0.15, -0.1) is 11.6 Å². The molecule has 0 aliphatic carbocycles. The molecule has 1 aliphatic rings. The topological polar surface area (TPSA) is 6.48 Å². The highest BCUT2D eigenvalue weighted by Crippen LogP contribution is 2.29. The monoisotopic (exact) mass is 368 g/mol. The Morgan fingerprint density at radius 1 is 1.00 bits per heavy atom. The lowest BCUT2D eigenvalue weighted by Crippen LogP contribution is -2.31. The number of rotatable bonds is 6. The van der Waals surface area contributed by atoms with Crippen molar-refractivity contribution in [1.29, 1.82) is 0 Å². The molecule has 0 spiro atoms. The van der Waals surface area contributed by atoms with Gasteiger partial charge in [-0.05, 0) is 54.6 Å². The molecule has 1 saturated heterocycles. The van der Waals surface area contributed by atoms with Crippen LogP contribution in [0.4, 0.5) is 5.69 Å². The van der Waals surface area contributed by atoms with Crippen LogP contribution in [0.25, 0.3) is 17.2 Å². The highest BCUT2D eigenvalue weighted by Gasteiger charge is 2.14. The van der Waals surface area contributed by atoms with Crippen LogP contribution in [0.5, 0.6) is 0 Å². The molecular formula is C23H29ClN2. The lowest BCUT2D eigenvalue weighted by molar-refractivity contribution is 0.258. The Hall–Kier alpha value is -1.77. The first-order valence-corrected chi connectivity index (χ1v) is 10.1. The van der Waals surface area contributed by atoms with Crippen LogP contribution in [0.2, 0.25) is 0 Å². The maximum atomic E-state index is 5.82. The molecule has 1 fully saturated rings. The molecule has 3 rings (SSSR count). The van der Waals surface area contributed by atoms with Crippen molar-refractivity contribution in [2.45, 2.75) is 19.3 Å². The molecule has 2 nitrogen and oxygen atoms in total. The SMILES string of the molecule is CN(C)c1ccc(-c2ccccc2C=C2CCN(CCCCl)CC2)cc1. The molecule has 26 heavy (non-hydrogen) atoms. The van der Waals surface area contributed by atoms with E-state index in [0.29, 0.717) is 0 Å². The Kier molecular flexibility index (Phi) is 6.76. The first kappa shape index (κ1) is 19.0. The van der Waals surface area contributed by atoms with E-state index >= 15 is 0 Å². The minimum atomic E-state index is 0.763. The van der Waals surface area contributed by atoms with Crippen LogP contribution in [0.15, 0.2) is 54.1 Å². The summed E-state index contributed by atoms with van der Waals surface area (Å²) in [5.41, 5.74) is 6.71. The zero-order valence-corrected chi connectivity index (χ0v) is 16.7. The first-order chi connectivity index (χ1) is 12.7. The number of hydrogen-bond donors (Lipinski definition) is 0. The van der Waals surface area contributed by atoms with Gasteiger partial charge >= 0.3 is 0 Å². The summed E-state index contributed by atoms with van der Waals surface area (Å²) in [6.07, 6.45) is 5.83. The van der Waals surface area contributed by atoms with Crippen molar-refractivity contribution >= 4 is 23.4 Å². The van der Waals surface area contributed by atoms with Gasteiger partial charge in [-0.25, -0.2) is 0 Å². The van der Waals surface area contributed by atoms with Crippen molar-refractivity contribution in [3.63, 3.8) is 0 Å². The lowest BCUT2D eigenvalue weighted by atomic mass is 9.95. The number of alkyl halides is 1. The Morgan fingerprint density at radius 3 is 2.35 bits per heavy atom. The fourth-order valence-corrected chi connectivity index (χ4v) is 3.66. The van der Waals surface area contributed by atoms with E-state index in [9.17, 15) is 0 Å². The van der Waals surface area contributed by atoms with E-state index in [0.717, 1.165) is 44.8 Å². The fourth-order valence-electron chi connectivity index (χ4n) is 3.54. The third-order valence-corrected chi connectivity index (χ3v) is 5.39. The lowest BCUT2D eigenvalue weighted by Gasteiger charge is -2.28. The van der Waals surface area contributed by atoms with Gasteiger partial charge in [0.25, 0.3) is 0 Å². The maximum absolute atomic E-state index is 5.82. The fraction of sp³-hybridized carbons (Fsp3) is 0.391. The Bertz CT molecular complexity index is 724. The van der Waals surface area contributed by atoms with Crippen molar-refractivity contribution in [2.24, 2.45) is 0 Å². The number of nitrogens with zero attached hydrogens (tertiary/aromatic N) is 2. The highest BCUT2D eigenvalue weighted by molar-refractivity contribution is 6.17. The average molecular weight is 369 g/mol. The molecule has 3 heteroatoms. The van der Waals surface area contributed by atoms with Crippen LogP contribution in [-0.2, 0) is 0 Å². The molecule has 0 radical (unpaired) electrons. The molecule has 1 heterocycles. The quantitative estimate of drug-likeness (QED) is 0.618. The van der Waals surface area contributed by atoms with Crippen molar-refractivity contribution in [2.75, 3.05) is 44.5 Å². The third kappa shape index (κ3) is 4.90. The normalized spacial score (nSPS) is 15.1. The molecule has 0 N–H and O–H groups in total. The van der Waals surface area contributed by atoms with Gasteiger partial charge in [-0.3, -0.25) is 0 Å². The number of halogens is 1. The van der Waals surface area contributed by atoms with E-state index in [1.54, 1.807) is 5.57 Å². The summed E-state index contributed by atoms with van der Waals surface area (Å²) in [6.45, 7) is 3.44. The van der Waals surface area contributed by atoms with Gasteiger partial charge in [0, 0.05) is 38.8 Å². The van der Waals surface area contributed by atoms with Gasteiger partial charge < -0.3 is 9.80 Å². The van der Waals surface area contributed by atoms with Crippen LogP contribution in [-0.4, -0.2) is 44.5 Å². The second-order valence-corrected chi connectivity index (χ2v) is 7.59. The summed E-state index contributed by atoms with van der Waals surface area (Å²) < 4.78 is 0. The molecule has 0 aromatic heterocycles. The molecule has 0 unspecified atom stereocenters. The Labute approximate surface area is 163 Å². The zero-order valence-electron chi connectivity index (χ0n) is 15.9. The minimum absolute atomic E-state index is 0.763. The van der Waals surface area contributed by atoms with E-state index < -0.39 is 0 Å². The van der Waals surface area contributed by atoms with E-state index in [1.165, 1.54) is 22.4 Å². The van der Waals surface area contributed by atoms with Crippen molar-refractivity contribution in [3.05, 3.63) is 59.7 Å². The molecule has 0 atom stereocenters. The Balaban J connectivity index is 1.75. The molecule has 0 bridgehead atoms. The van der Waals surface area contributed by atoms with E-state index in [4.69, 9.17) is 11.6 Å². The van der Waals surface area contributed by atoms with E-state index in [-0.39, 0.29) is 0 Å².